The molecule has 0 spiro atoms. The molecule has 0 radical (unpaired) electrons. The van der Waals surface area contributed by atoms with Crippen molar-refractivity contribution in [2.75, 3.05) is 6.54 Å². The van der Waals surface area contributed by atoms with Crippen LogP contribution in [0.15, 0.2) is 29.5 Å². The van der Waals surface area contributed by atoms with Gasteiger partial charge in [0.05, 0.1) is 6.54 Å². The second-order valence-electron chi connectivity index (χ2n) is 6.36. The molecule has 2 heterocycles. The van der Waals surface area contributed by atoms with Gasteiger partial charge in [0.15, 0.2) is 11.1 Å². The molecule has 0 aromatic carbocycles. The second-order valence-corrected chi connectivity index (χ2v) is 6.36. The maximum atomic E-state index is 12.4. The minimum Gasteiger partial charge on any atom is -0.511 e. The number of hydrogen-bond acceptors (Lipinski definition) is 4. The zero-order valence-electron chi connectivity index (χ0n) is 13.5. The number of aromatic amines is 1. The second kappa shape index (κ2) is 6.90. The lowest BCUT2D eigenvalue weighted by Crippen LogP contribution is -2.31. The molecule has 1 amide bonds. The summed E-state index contributed by atoms with van der Waals surface area (Å²) in [5.74, 6) is -0.0192. The molecule has 0 bridgehead atoms. The van der Waals surface area contributed by atoms with Gasteiger partial charge < -0.3 is 10.4 Å². The smallest absolute Gasteiger partial charge is 0.259 e. The predicted octanol–water partition coefficient (Wildman–Crippen LogP) is 1.95. The number of carbonyl (C=O) groups is 1. The number of amides is 1. The average Bonchev–Trinajstić information content (AvgIpc) is 3.21. The maximum absolute atomic E-state index is 12.4. The molecule has 1 saturated carbocycles. The summed E-state index contributed by atoms with van der Waals surface area (Å²) in [5.41, 5.74) is 0.763. The zero-order chi connectivity index (χ0) is 17.1. The molecule has 7 heteroatoms. The highest BCUT2D eigenvalue weighted by molar-refractivity contribution is 5.99. The molecule has 2 aromatic heterocycles. The van der Waals surface area contributed by atoms with Crippen molar-refractivity contribution < 1.29 is 9.90 Å². The van der Waals surface area contributed by atoms with Crippen molar-refractivity contribution >= 4 is 11.6 Å². The Balaban J connectivity index is 1.87. The number of aromatic nitrogens is 3. The molecule has 3 N–H and O–H groups in total. The van der Waals surface area contributed by atoms with E-state index < -0.39 is 5.91 Å². The monoisotopic (exact) mass is 330 g/mol. The fourth-order valence-corrected chi connectivity index (χ4v) is 3.38. The first kappa shape index (κ1) is 16.3. The van der Waals surface area contributed by atoms with Crippen molar-refractivity contribution in [2.24, 2.45) is 5.92 Å². The van der Waals surface area contributed by atoms with E-state index in [1.54, 1.807) is 4.52 Å². The number of aryl methyl sites for hydroxylation is 1. The summed E-state index contributed by atoms with van der Waals surface area (Å²) in [6.07, 6.45) is 8.38. The summed E-state index contributed by atoms with van der Waals surface area (Å²) in [7, 11) is 0. The number of carbonyl (C=O) groups excluding carboxylic acids is 1. The lowest BCUT2D eigenvalue weighted by molar-refractivity contribution is 0.0952. The van der Waals surface area contributed by atoms with E-state index in [2.05, 4.69) is 22.0 Å². The molecule has 1 aliphatic carbocycles. The third kappa shape index (κ3) is 3.34. The van der Waals surface area contributed by atoms with E-state index in [9.17, 15) is 9.59 Å². The molecule has 24 heavy (non-hydrogen) atoms. The summed E-state index contributed by atoms with van der Waals surface area (Å²) in [5, 5.41) is 14.5. The van der Waals surface area contributed by atoms with Crippen LogP contribution in [0.5, 0.6) is 0 Å². The molecule has 2 aromatic rings. The van der Waals surface area contributed by atoms with Gasteiger partial charge in [0.1, 0.15) is 17.6 Å². The van der Waals surface area contributed by atoms with Crippen molar-refractivity contribution in [3.8, 4) is 0 Å². The van der Waals surface area contributed by atoms with Gasteiger partial charge >= 0.3 is 0 Å². The Labute approximate surface area is 139 Å². The lowest BCUT2D eigenvalue weighted by Gasteiger charge is -2.11. The van der Waals surface area contributed by atoms with Gasteiger partial charge in [-0.1, -0.05) is 32.3 Å². The summed E-state index contributed by atoms with van der Waals surface area (Å²) in [6.45, 7) is 3.21. The fraction of sp³-hybridized carbons (Fsp3) is 0.471. The van der Waals surface area contributed by atoms with Gasteiger partial charge in [-0.15, -0.1) is 0 Å². The van der Waals surface area contributed by atoms with Crippen LogP contribution in [-0.2, 0) is 6.42 Å². The van der Waals surface area contributed by atoms with Gasteiger partial charge in [0.2, 0.25) is 0 Å². The van der Waals surface area contributed by atoms with E-state index in [1.807, 2.05) is 0 Å². The number of hydrogen-bond donors (Lipinski definition) is 3. The first-order valence-electron chi connectivity index (χ1n) is 8.29. The fourth-order valence-electron chi connectivity index (χ4n) is 3.38. The Kier molecular flexibility index (Phi) is 4.69. The first-order valence-corrected chi connectivity index (χ1v) is 8.29. The van der Waals surface area contributed by atoms with E-state index in [4.69, 9.17) is 5.11 Å². The SMILES string of the molecule is C=C(O)CNC(=O)c1c(=O)cc(CCC2CCCC2)n2[nH]cnc12. The Morgan fingerprint density at radius 2 is 2.21 bits per heavy atom. The largest absolute Gasteiger partial charge is 0.511 e. The minimum absolute atomic E-state index is 0.0258. The number of nitrogens with zero attached hydrogens (tertiary/aromatic N) is 2. The van der Waals surface area contributed by atoms with Gasteiger partial charge in [-0.05, 0) is 18.8 Å². The molecule has 0 unspecified atom stereocenters. The van der Waals surface area contributed by atoms with Crippen molar-refractivity contribution in [1.82, 2.24) is 19.9 Å². The molecule has 0 atom stereocenters. The van der Waals surface area contributed by atoms with Crippen molar-refractivity contribution in [3.63, 3.8) is 0 Å². The number of H-pyrrole nitrogens is 1. The number of nitrogens with one attached hydrogen (secondary N) is 2. The standard InChI is InChI=1S/C17H22N4O3/c1-11(22)9-18-17(24)15-14(23)8-13(21-16(15)19-10-20-21)7-6-12-4-2-3-5-12/h8,10,12,22H,1-7,9H2,(H,18,24)(H,19,20). The summed E-state index contributed by atoms with van der Waals surface area (Å²) < 4.78 is 1.69. The number of rotatable bonds is 6. The predicted molar refractivity (Wildman–Crippen MR) is 90.2 cm³/mol. The molecule has 0 saturated heterocycles. The number of pyridine rings is 1. The highest BCUT2D eigenvalue weighted by Gasteiger charge is 2.20. The van der Waals surface area contributed by atoms with Crippen LogP contribution >= 0.6 is 0 Å². The molecule has 1 aliphatic rings. The normalized spacial score (nSPS) is 15.0. The van der Waals surface area contributed by atoms with E-state index in [0.29, 0.717) is 5.65 Å². The van der Waals surface area contributed by atoms with E-state index >= 15 is 0 Å². The van der Waals surface area contributed by atoms with Gasteiger partial charge in [0.25, 0.3) is 5.91 Å². The van der Waals surface area contributed by atoms with Crippen LogP contribution in [0.4, 0.5) is 0 Å². The third-order valence-electron chi connectivity index (χ3n) is 4.60. The molecule has 128 valence electrons. The topological polar surface area (TPSA) is 99.5 Å². The van der Waals surface area contributed by atoms with Gasteiger partial charge in [-0.2, -0.15) is 0 Å². The van der Waals surface area contributed by atoms with Crippen LogP contribution < -0.4 is 10.7 Å². The van der Waals surface area contributed by atoms with Crippen LogP contribution in [0.25, 0.3) is 5.65 Å². The molecule has 1 fully saturated rings. The van der Waals surface area contributed by atoms with Crippen molar-refractivity contribution in [2.45, 2.75) is 38.5 Å². The Morgan fingerprint density at radius 1 is 1.46 bits per heavy atom. The lowest BCUT2D eigenvalue weighted by atomic mass is 10.00. The molecule has 3 rings (SSSR count). The number of fused-ring (bicyclic) bond motifs is 1. The van der Waals surface area contributed by atoms with Crippen LogP contribution in [0.3, 0.4) is 0 Å². The Morgan fingerprint density at radius 3 is 2.92 bits per heavy atom. The summed E-state index contributed by atoms with van der Waals surface area (Å²) in [4.78, 5) is 28.8. The quantitative estimate of drug-likeness (QED) is 0.705. The van der Waals surface area contributed by atoms with Crippen LogP contribution in [0.2, 0.25) is 0 Å². The highest BCUT2D eigenvalue weighted by Crippen LogP contribution is 2.28. The first-order chi connectivity index (χ1) is 11.6. The zero-order valence-corrected chi connectivity index (χ0v) is 13.5. The van der Waals surface area contributed by atoms with E-state index in [1.165, 1.54) is 38.1 Å². The number of aliphatic hydroxyl groups is 1. The van der Waals surface area contributed by atoms with Gasteiger partial charge in [0, 0.05) is 11.8 Å². The number of aliphatic hydroxyl groups excluding tert-OH is 1. The van der Waals surface area contributed by atoms with E-state index in [0.717, 1.165) is 24.5 Å². The van der Waals surface area contributed by atoms with Crippen LogP contribution in [0.1, 0.15) is 48.2 Å². The highest BCUT2D eigenvalue weighted by atomic mass is 16.3. The Hall–Kier alpha value is -2.57. The van der Waals surface area contributed by atoms with Gasteiger partial charge in [-0.3, -0.25) is 14.7 Å². The van der Waals surface area contributed by atoms with Crippen molar-refractivity contribution in [3.05, 3.63) is 46.2 Å². The molecule has 7 nitrogen and oxygen atoms in total. The van der Waals surface area contributed by atoms with Crippen molar-refractivity contribution in [1.29, 1.82) is 0 Å². The third-order valence-corrected chi connectivity index (χ3v) is 4.60. The van der Waals surface area contributed by atoms with Crippen LogP contribution in [-0.4, -0.2) is 32.2 Å². The Bertz CT molecular complexity index is 815. The molecular formula is C17H22N4O3. The summed E-state index contributed by atoms with van der Waals surface area (Å²) >= 11 is 0. The average molecular weight is 330 g/mol. The van der Waals surface area contributed by atoms with E-state index in [-0.39, 0.29) is 23.3 Å². The van der Waals surface area contributed by atoms with Gasteiger partial charge in [-0.25, -0.2) is 9.50 Å². The maximum Gasteiger partial charge on any atom is 0.259 e. The van der Waals surface area contributed by atoms with Crippen LogP contribution in [0, 0.1) is 5.92 Å². The molecular weight excluding hydrogens is 308 g/mol. The minimum atomic E-state index is -0.567. The molecule has 0 aliphatic heterocycles. The summed E-state index contributed by atoms with van der Waals surface area (Å²) in [6, 6.07) is 1.50.